The van der Waals surface area contributed by atoms with E-state index in [4.69, 9.17) is 14.2 Å². The van der Waals surface area contributed by atoms with Crippen molar-refractivity contribution in [2.45, 2.75) is 13.8 Å². The fraction of sp³-hybridized carbons (Fsp3) is 0.143. The average Bonchev–Trinajstić information content (AvgIpc) is 3.35. The molecule has 7 rings (SSSR count). The first kappa shape index (κ1) is 46.6. The first-order valence-corrected chi connectivity index (χ1v) is 21.3. The van der Waals surface area contributed by atoms with Gasteiger partial charge in [0.1, 0.15) is 24.7 Å². The lowest BCUT2D eigenvalue weighted by molar-refractivity contribution is -0.143. The van der Waals surface area contributed by atoms with E-state index in [-0.39, 0.29) is 25.2 Å². The number of anilines is 6. The number of hydrogen-bond acceptors (Lipinski definition) is 9. The van der Waals surface area contributed by atoms with Crippen LogP contribution in [0.5, 0.6) is 11.5 Å². The molecule has 0 aliphatic carbocycles. The molecule has 7 aromatic rings. The van der Waals surface area contributed by atoms with Gasteiger partial charge in [0.05, 0.1) is 27.4 Å². The van der Waals surface area contributed by atoms with Crippen LogP contribution in [0.3, 0.4) is 0 Å². The Morgan fingerprint density at radius 3 is 0.908 bits per heavy atom. The lowest BCUT2D eigenvalue weighted by atomic mass is 10.1. The molecule has 0 aliphatic rings. The Morgan fingerprint density at radius 2 is 0.631 bits per heavy atom. The predicted molar refractivity (Wildman–Crippen MR) is 264 cm³/mol. The second kappa shape index (κ2) is 24.7. The summed E-state index contributed by atoms with van der Waals surface area (Å²) in [6, 6.07) is 63.0. The highest BCUT2D eigenvalue weighted by molar-refractivity contribution is 5.80. The molecule has 7 aromatic carbocycles. The SMILES string of the molecule is CC(=O)OCCOCCOC(C)=O.COc1ccc(N(c2ccccc2)c2ccc(C=Cc3ccc(C=Cc4ccc(N(c5ccccc5)c5ccc(OC)cc5)cc4)cc3)cc2)cc1. The van der Waals surface area contributed by atoms with Gasteiger partial charge in [-0.25, -0.2) is 0 Å². The third-order valence-electron chi connectivity index (χ3n) is 9.93. The van der Waals surface area contributed by atoms with Crippen molar-refractivity contribution in [3.8, 4) is 11.5 Å². The van der Waals surface area contributed by atoms with E-state index in [9.17, 15) is 9.59 Å². The first-order valence-electron chi connectivity index (χ1n) is 21.3. The highest BCUT2D eigenvalue weighted by atomic mass is 16.6. The van der Waals surface area contributed by atoms with E-state index < -0.39 is 0 Å². The number of rotatable bonds is 18. The first-order chi connectivity index (χ1) is 31.8. The summed E-state index contributed by atoms with van der Waals surface area (Å²) >= 11 is 0. The number of benzene rings is 7. The molecule has 0 unspecified atom stereocenters. The number of methoxy groups -OCH3 is 2. The minimum atomic E-state index is -0.330. The predicted octanol–water partition coefficient (Wildman–Crippen LogP) is 13.1. The second-order valence-corrected chi connectivity index (χ2v) is 14.5. The molecule has 9 heteroatoms. The number of nitrogens with zero attached hydrogens (tertiary/aromatic N) is 2. The molecule has 0 saturated heterocycles. The summed E-state index contributed by atoms with van der Waals surface area (Å²) in [5.74, 6) is 1.01. The summed E-state index contributed by atoms with van der Waals surface area (Å²) in [4.78, 5) is 25.0. The molecule has 9 nitrogen and oxygen atoms in total. The smallest absolute Gasteiger partial charge is 0.302 e. The number of carbonyl (C=O) groups is 2. The van der Waals surface area contributed by atoms with Gasteiger partial charge in [0.2, 0.25) is 0 Å². The van der Waals surface area contributed by atoms with Crippen LogP contribution < -0.4 is 19.3 Å². The van der Waals surface area contributed by atoms with Crippen molar-refractivity contribution in [1.29, 1.82) is 0 Å². The molecule has 0 radical (unpaired) electrons. The van der Waals surface area contributed by atoms with Gasteiger partial charge in [0.15, 0.2) is 0 Å². The van der Waals surface area contributed by atoms with Gasteiger partial charge in [0, 0.05) is 48.0 Å². The highest BCUT2D eigenvalue weighted by Crippen LogP contribution is 2.37. The topological polar surface area (TPSA) is 86.8 Å². The molecule has 65 heavy (non-hydrogen) atoms. The van der Waals surface area contributed by atoms with Crippen molar-refractivity contribution in [1.82, 2.24) is 0 Å². The van der Waals surface area contributed by atoms with E-state index in [0.717, 1.165) is 67.9 Å². The summed E-state index contributed by atoms with van der Waals surface area (Å²) < 4.78 is 24.9. The zero-order valence-corrected chi connectivity index (χ0v) is 37.2. The van der Waals surface area contributed by atoms with Gasteiger partial charge in [-0.1, -0.05) is 109 Å². The van der Waals surface area contributed by atoms with Crippen LogP contribution >= 0.6 is 0 Å². The number of carbonyl (C=O) groups excluding carboxylic acids is 2. The molecule has 0 fully saturated rings. The van der Waals surface area contributed by atoms with Crippen LogP contribution in [0.1, 0.15) is 36.1 Å². The Hall–Kier alpha value is -7.88. The summed E-state index contributed by atoms with van der Waals surface area (Å²) in [5.41, 5.74) is 11.1. The van der Waals surface area contributed by atoms with Gasteiger partial charge in [0.25, 0.3) is 0 Å². The average molecular weight is 867 g/mol. The Bertz CT molecular complexity index is 2380. The lowest BCUT2D eigenvalue weighted by Crippen LogP contribution is -2.12. The molecule has 0 heterocycles. The van der Waals surface area contributed by atoms with Crippen LogP contribution in [0.4, 0.5) is 34.1 Å². The monoisotopic (exact) mass is 866 g/mol. The molecule has 0 N–H and O–H groups in total. The maximum atomic E-state index is 10.3. The van der Waals surface area contributed by atoms with Gasteiger partial charge in [-0.05, 0) is 119 Å². The van der Waals surface area contributed by atoms with Crippen LogP contribution in [0.25, 0.3) is 24.3 Å². The minimum absolute atomic E-state index is 0.232. The third-order valence-corrected chi connectivity index (χ3v) is 9.93. The Kier molecular flexibility index (Phi) is 17.7. The zero-order chi connectivity index (χ0) is 45.6. The number of esters is 2. The molecule has 0 saturated carbocycles. The number of hydrogen-bond donors (Lipinski definition) is 0. The van der Waals surface area contributed by atoms with Crippen molar-refractivity contribution in [3.63, 3.8) is 0 Å². The molecule has 0 atom stereocenters. The largest absolute Gasteiger partial charge is 0.497 e. The zero-order valence-electron chi connectivity index (χ0n) is 37.2. The normalized spacial score (nSPS) is 10.8. The van der Waals surface area contributed by atoms with E-state index in [0.29, 0.717) is 13.2 Å². The van der Waals surface area contributed by atoms with E-state index in [1.54, 1.807) is 14.2 Å². The second-order valence-electron chi connectivity index (χ2n) is 14.5. The molecular weight excluding hydrogens is 813 g/mol. The Balaban J connectivity index is 0.000000469. The van der Waals surface area contributed by atoms with Gasteiger partial charge < -0.3 is 33.5 Å². The molecule has 0 bridgehead atoms. The third kappa shape index (κ3) is 14.6. The van der Waals surface area contributed by atoms with Crippen molar-refractivity contribution >= 4 is 70.4 Å². The summed E-state index contributed by atoms with van der Waals surface area (Å²) in [6.07, 6.45) is 8.62. The fourth-order valence-corrected chi connectivity index (χ4v) is 6.67. The van der Waals surface area contributed by atoms with E-state index >= 15 is 0 Å². The van der Waals surface area contributed by atoms with Crippen LogP contribution in [0.2, 0.25) is 0 Å². The Morgan fingerprint density at radius 1 is 0.369 bits per heavy atom. The van der Waals surface area contributed by atoms with Crippen LogP contribution in [-0.2, 0) is 23.8 Å². The number of ether oxygens (including phenoxy) is 5. The molecule has 0 spiro atoms. The van der Waals surface area contributed by atoms with E-state index in [2.05, 4.69) is 189 Å². The van der Waals surface area contributed by atoms with Crippen molar-refractivity contribution in [3.05, 3.63) is 204 Å². The van der Waals surface area contributed by atoms with Gasteiger partial charge in [-0.15, -0.1) is 0 Å². The van der Waals surface area contributed by atoms with Crippen LogP contribution in [0, 0.1) is 0 Å². The fourth-order valence-electron chi connectivity index (χ4n) is 6.67. The quantitative estimate of drug-likeness (QED) is 0.0475. The van der Waals surface area contributed by atoms with Gasteiger partial charge in [-0.2, -0.15) is 0 Å². The van der Waals surface area contributed by atoms with E-state index in [1.165, 1.54) is 13.8 Å². The molecule has 330 valence electrons. The number of para-hydroxylation sites is 2. The summed E-state index contributed by atoms with van der Waals surface area (Å²) in [6.45, 7) is 3.77. The summed E-state index contributed by atoms with van der Waals surface area (Å²) in [7, 11) is 3.38. The van der Waals surface area contributed by atoms with Crippen molar-refractivity contribution < 1.29 is 33.3 Å². The van der Waals surface area contributed by atoms with Crippen molar-refractivity contribution in [2.24, 2.45) is 0 Å². The highest BCUT2D eigenvalue weighted by Gasteiger charge is 2.14. The maximum absolute atomic E-state index is 10.3. The maximum Gasteiger partial charge on any atom is 0.302 e. The van der Waals surface area contributed by atoms with Crippen LogP contribution in [-0.4, -0.2) is 52.6 Å². The van der Waals surface area contributed by atoms with Gasteiger partial charge >= 0.3 is 11.9 Å². The van der Waals surface area contributed by atoms with Crippen molar-refractivity contribution in [2.75, 3.05) is 50.4 Å². The summed E-state index contributed by atoms with van der Waals surface area (Å²) in [5, 5.41) is 0. The molecule has 0 amide bonds. The minimum Gasteiger partial charge on any atom is -0.497 e. The lowest BCUT2D eigenvalue weighted by Gasteiger charge is -2.25. The Labute approximate surface area is 382 Å². The molecule has 0 aromatic heterocycles. The van der Waals surface area contributed by atoms with E-state index in [1.807, 2.05) is 36.4 Å². The van der Waals surface area contributed by atoms with Crippen LogP contribution in [0.15, 0.2) is 182 Å². The van der Waals surface area contributed by atoms with Gasteiger partial charge in [-0.3, -0.25) is 9.59 Å². The molecular formula is C56H54N2O7. The standard InChI is InChI=1S/C48H40N2O2.C8H14O5/c1-51-47-33-29-45(30-34-47)49(41-9-5-3-6-10-41)43-25-21-39(22-26-43)19-17-37-13-15-38(16-14-37)18-20-40-23-27-44(28-24-40)50(42-11-7-4-8-12-42)46-31-35-48(52-2)36-32-46;1-7(9)12-5-3-11-4-6-13-8(2)10/h3-36H,1-2H3;3-6H2,1-2H3. The molecule has 0 aliphatic heterocycles.